The maximum Gasteiger partial charge on any atom is 0.285 e. The molecule has 1 N–H and O–H groups in total. The molecule has 2 aromatic heterocycles. The van der Waals surface area contributed by atoms with E-state index < -0.39 is 11.5 Å². The summed E-state index contributed by atoms with van der Waals surface area (Å²) in [4.78, 5) is 31.4. The first-order valence-corrected chi connectivity index (χ1v) is 8.46. The SMILES string of the molecule is Cc1ccc(C(=O)N=c2sccn2Cc2ccccc2Cl)c(=O)[nH]1. The molecule has 0 bridgehead atoms. The summed E-state index contributed by atoms with van der Waals surface area (Å²) in [5.74, 6) is -0.563. The quantitative estimate of drug-likeness (QED) is 0.781. The zero-order chi connectivity index (χ0) is 17.1. The third-order valence-electron chi connectivity index (χ3n) is 3.44. The fourth-order valence-corrected chi connectivity index (χ4v) is 3.13. The van der Waals surface area contributed by atoms with Gasteiger partial charge < -0.3 is 9.55 Å². The van der Waals surface area contributed by atoms with Crippen LogP contribution in [0.2, 0.25) is 5.02 Å². The van der Waals surface area contributed by atoms with Crippen LogP contribution in [0.25, 0.3) is 0 Å². The molecule has 0 radical (unpaired) electrons. The molecule has 0 fully saturated rings. The van der Waals surface area contributed by atoms with E-state index in [1.54, 1.807) is 13.0 Å². The lowest BCUT2D eigenvalue weighted by Gasteiger charge is -2.05. The first kappa shape index (κ1) is 16.4. The Kier molecular flexibility index (Phi) is 4.78. The number of hydrogen-bond donors (Lipinski definition) is 1. The molecule has 0 atom stereocenters. The molecule has 1 amide bonds. The summed E-state index contributed by atoms with van der Waals surface area (Å²) in [5, 5.41) is 2.49. The molecule has 3 aromatic rings. The predicted molar refractivity (Wildman–Crippen MR) is 94.6 cm³/mol. The molecule has 3 rings (SSSR count). The third-order valence-corrected chi connectivity index (χ3v) is 4.60. The number of pyridine rings is 1. The average Bonchev–Trinajstić information content (AvgIpc) is 2.96. The average molecular weight is 360 g/mol. The third kappa shape index (κ3) is 3.55. The minimum absolute atomic E-state index is 0.0262. The van der Waals surface area contributed by atoms with E-state index in [-0.39, 0.29) is 5.56 Å². The van der Waals surface area contributed by atoms with Gasteiger partial charge in [-0.1, -0.05) is 29.8 Å². The second-order valence-electron chi connectivity index (χ2n) is 5.21. The van der Waals surface area contributed by atoms with Gasteiger partial charge in [0.25, 0.3) is 11.5 Å². The highest BCUT2D eigenvalue weighted by Gasteiger charge is 2.10. The highest BCUT2D eigenvalue weighted by atomic mass is 35.5. The van der Waals surface area contributed by atoms with Crippen molar-refractivity contribution in [2.45, 2.75) is 13.5 Å². The molecule has 7 heteroatoms. The topological polar surface area (TPSA) is 67.2 Å². The van der Waals surface area contributed by atoms with Crippen molar-refractivity contribution in [3.63, 3.8) is 0 Å². The standard InChI is InChI=1S/C17H14ClN3O2S/c1-11-6-7-13(15(22)19-11)16(23)20-17-21(8-9-24-17)10-12-4-2-3-5-14(12)18/h2-9H,10H2,1H3,(H,19,22). The van der Waals surface area contributed by atoms with E-state index in [0.29, 0.717) is 22.1 Å². The van der Waals surface area contributed by atoms with Gasteiger partial charge in [0.2, 0.25) is 0 Å². The van der Waals surface area contributed by atoms with Gasteiger partial charge in [-0.05, 0) is 30.7 Å². The molecule has 0 saturated carbocycles. The Hall–Kier alpha value is -2.44. The van der Waals surface area contributed by atoms with Crippen molar-refractivity contribution in [3.05, 3.63) is 85.0 Å². The summed E-state index contributed by atoms with van der Waals surface area (Å²) in [6.45, 7) is 2.25. The van der Waals surface area contributed by atoms with Crippen LogP contribution in [0, 0.1) is 6.92 Å². The number of hydrogen-bond acceptors (Lipinski definition) is 3. The van der Waals surface area contributed by atoms with Crippen molar-refractivity contribution in [1.82, 2.24) is 9.55 Å². The van der Waals surface area contributed by atoms with Gasteiger partial charge in [-0.15, -0.1) is 11.3 Å². The molecule has 24 heavy (non-hydrogen) atoms. The van der Waals surface area contributed by atoms with Gasteiger partial charge in [0.05, 0.1) is 6.54 Å². The van der Waals surface area contributed by atoms with Gasteiger partial charge in [0.15, 0.2) is 4.80 Å². The summed E-state index contributed by atoms with van der Waals surface area (Å²) < 4.78 is 1.83. The molecular weight excluding hydrogens is 346 g/mol. The first-order chi connectivity index (χ1) is 11.5. The van der Waals surface area contributed by atoms with Gasteiger partial charge in [0.1, 0.15) is 5.56 Å². The number of aryl methyl sites for hydroxylation is 1. The van der Waals surface area contributed by atoms with Crippen LogP contribution >= 0.6 is 22.9 Å². The van der Waals surface area contributed by atoms with Crippen molar-refractivity contribution in [2.75, 3.05) is 0 Å². The van der Waals surface area contributed by atoms with E-state index in [1.165, 1.54) is 17.4 Å². The van der Waals surface area contributed by atoms with Crippen LogP contribution in [0.15, 0.2) is 57.8 Å². The minimum Gasteiger partial charge on any atom is -0.326 e. The van der Waals surface area contributed by atoms with Gasteiger partial charge >= 0.3 is 0 Å². The van der Waals surface area contributed by atoms with Crippen molar-refractivity contribution in [1.29, 1.82) is 0 Å². The summed E-state index contributed by atoms with van der Waals surface area (Å²) in [6, 6.07) is 10.7. The van der Waals surface area contributed by atoms with Crippen LogP contribution in [-0.4, -0.2) is 15.5 Å². The van der Waals surface area contributed by atoms with Crippen LogP contribution in [-0.2, 0) is 6.54 Å². The molecule has 0 aliphatic heterocycles. The van der Waals surface area contributed by atoms with Crippen molar-refractivity contribution >= 4 is 28.8 Å². The Bertz CT molecular complexity index is 1020. The van der Waals surface area contributed by atoms with Gasteiger partial charge in [-0.2, -0.15) is 4.99 Å². The number of amides is 1. The molecule has 2 heterocycles. The van der Waals surface area contributed by atoms with Crippen molar-refractivity contribution in [2.24, 2.45) is 4.99 Å². The van der Waals surface area contributed by atoms with Gasteiger partial charge in [-0.25, -0.2) is 0 Å². The summed E-state index contributed by atoms with van der Waals surface area (Å²) in [7, 11) is 0. The lowest BCUT2D eigenvalue weighted by atomic mass is 10.2. The predicted octanol–water partition coefficient (Wildman–Crippen LogP) is 2.99. The Morgan fingerprint density at radius 3 is 2.83 bits per heavy atom. The largest absolute Gasteiger partial charge is 0.326 e. The fourth-order valence-electron chi connectivity index (χ4n) is 2.20. The van der Waals surface area contributed by atoms with E-state index in [2.05, 4.69) is 9.98 Å². The zero-order valence-corrected chi connectivity index (χ0v) is 14.4. The molecule has 1 aromatic carbocycles. The number of aromatic amines is 1. The second-order valence-corrected chi connectivity index (χ2v) is 6.49. The Labute approximate surface area is 146 Å². The number of rotatable bonds is 3. The first-order valence-electron chi connectivity index (χ1n) is 7.21. The van der Waals surface area contributed by atoms with E-state index in [1.807, 2.05) is 40.4 Å². The number of halogens is 1. The molecule has 0 unspecified atom stereocenters. The zero-order valence-electron chi connectivity index (χ0n) is 12.8. The molecule has 0 spiro atoms. The van der Waals surface area contributed by atoms with Crippen molar-refractivity contribution in [3.8, 4) is 0 Å². The molecule has 0 aliphatic rings. The Balaban J connectivity index is 1.95. The molecule has 122 valence electrons. The molecule has 0 saturated heterocycles. The van der Waals surface area contributed by atoms with Gasteiger partial charge in [-0.3, -0.25) is 9.59 Å². The van der Waals surface area contributed by atoms with Crippen LogP contribution in [0.3, 0.4) is 0 Å². The fraction of sp³-hybridized carbons (Fsp3) is 0.118. The number of nitrogens with one attached hydrogen (secondary N) is 1. The minimum atomic E-state index is -0.563. The summed E-state index contributed by atoms with van der Waals surface area (Å²) in [6.07, 6.45) is 1.83. The second kappa shape index (κ2) is 6.98. The number of thiazole rings is 1. The monoisotopic (exact) mass is 359 g/mol. The normalized spacial score (nSPS) is 11.7. The lowest BCUT2D eigenvalue weighted by molar-refractivity contribution is 0.0996. The summed E-state index contributed by atoms with van der Waals surface area (Å²) in [5.41, 5.74) is 1.22. The van der Waals surface area contributed by atoms with E-state index in [9.17, 15) is 9.59 Å². The van der Waals surface area contributed by atoms with Gasteiger partial charge in [0, 0.05) is 22.3 Å². The summed E-state index contributed by atoms with van der Waals surface area (Å²) >= 11 is 7.50. The lowest BCUT2D eigenvalue weighted by Crippen LogP contribution is -2.21. The van der Waals surface area contributed by atoms with E-state index >= 15 is 0 Å². The van der Waals surface area contributed by atoms with E-state index in [4.69, 9.17) is 11.6 Å². The number of carbonyl (C=O) groups is 1. The van der Waals surface area contributed by atoms with E-state index in [0.717, 1.165) is 5.56 Å². The maximum absolute atomic E-state index is 12.3. The van der Waals surface area contributed by atoms with Crippen LogP contribution in [0.1, 0.15) is 21.6 Å². The number of benzene rings is 1. The molecule has 0 aliphatic carbocycles. The van der Waals surface area contributed by atoms with Crippen LogP contribution in [0.5, 0.6) is 0 Å². The Morgan fingerprint density at radius 1 is 1.29 bits per heavy atom. The highest BCUT2D eigenvalue weighted by molar-refractivity contribution is 7.07. The van der Waals surface area contributed by atoms with Crippen molar-refractivity contribution < 1.29 is 4.79 Å². The highest BCUT2D eigenvalue weighted by Crippen LogP contribution is 2.15. The number of H-pyrrole nitrogens is 1. The maximum atomic E-state index is 12.3. The number of aromatic nitrogens is 2. The number of nitrogens with zero attached hydrogens (tertiary/aromatic N) is 2. The number of carbonyl (C=O) groups excluding carboxylic acids is 1. The molecule has 5 nitrogen and oxygen atoms in total. The molecular formula is C17H14ClN3O2S. The van der Waals surface area contributed by atoms with Crippen LogP contribution < -0.4 is 10.4 Å². The Morgan fingerprint density at radius 2 is 2.08 bits per heavy atom. The smallest absolute Gasteiger partial charge is 0.285 e. The van der Waals surface area contributed by atoms with Crippen LogP contribution in [0.4, 0.5) is 0 Å².